The predicted molar refractivity (Wildman–Crippen MR) is 88.8 cm³/mol. The lowest BCUT2D eigenvalue weighted by Crippen LogP contribution is -2.17. The van der Waals surface area contributed by atoms with Crippen molar-refractivity contribution in [2.45, 2.75) is 26.9 Å². The number of amides is 2. The molecule has 24 heavy (non-hydrogen) atoms. The first kappa shape index (κ1) is 17.5. The molecule has 1 aromatic carbocycles. The van der Waals surface area contributed by atoms with Gasteiger partial charge in [-0.05, 0) is 30.2 Å². The average Bonchev–Trinajstić information content (AvgIpc) is 3.01. The van der Waals surface area contributed by atoms with Crippen LogP contribution in [0.25, 0.3) is 0 Å². The van der Waals surface area contributed by atoms with E-state index in [9.17, 15) is 9.59 Å². The summed E-state index contributed by atoms with van der Waals surface area (Å²) in [5.41, 5.74) is 0.925. The molecular weight excluding hydrogens is 310 g/mol. The molecule has 0 bridgehead atoms. The number of hydrogen-bond donors (Lipinski definition) is 2. The zero-order valence-corrected chi connectivity index (χ0v) is 14.0. The van der Waals surface area contributed by atoms with Crippen molar-refractivity contribution < 1.29 is 18.8 Å². The van der Waals surface area contributed by atoms with E-state index < -0.39 is 0 Å². The number of benzene rings is 1. The molecule has 128 valence electrons. The molecule has 2 amide bonds. The van der Waals surface area contributed by atoms with Crippen LogP contribution in [0.5, 0.6) is 5.75 Å². The number of rotatable bonds is 7. The second kappa shape index (κ2) is 8.14. The minimum Gasteiger partial charge on any atom is -0.486 e. The molecule has 0 saturated carbocycles. The number of anilines is 1. The van der Waals surface area contributed by atoms with E-state index in [1.807, 2.05) is 13.8 Å². The summed E-state index contributed by atoms with van der Waals surface area (Å²) in [6.07, 6.45) is 0.484. The molecule has 7 nitrogen and oxygen atoms in total. The highest BCUT2D eigenvalue weighted by molar-refractivity contribution is 5.92. The molecule has 2 aromatic rings. The number of aromatic nitrogens is 1. The lowest BCUT2D eigenvalue weighted by atomic mass is 10.1. The second-order valence-electron chi connectivity index (χ2n) is 5.72. The third-order valence-corrected chi connectivity index (χ3v) is 3.13. The van der Waals surface area contributed by atoms with Crippen LogP contribution in [0.15, 0.2) is 34.9 Å². The average molecular weight is 331 g/mol. The first-order valence-electron chi connectivity index (χ1n) is 7.68. The highest BCUT2D eigenvalue weighted by Crippen LogP contribution is 2.18. The van der Waals surface area contributed by atoms with Gasteiger partial charge in [0, 0.05) is 25.2 Å². The van der Waals surface area contributed by atoms with Crippen LogP contribution in [0.1, 0.15) is 36.5 Å². The van der Waals surface area contributed by atoms with Crippen LogP contribution >= 0.6 is 0 Å². The lowest BCUT2D eigenvalue weighted by Gasteiger charge is -2.08. The molecule has 0 radical (unpaired) electrons. The van der Waals surface area contributed by atoms with E-state index in [1.165, 1.54) is 13.1 Å². The van der Waals surface area contributed by atoms with E-state index in [1.54, 1.807) is 24.3 Å². The first-order chi connectivity index (χ1) is 11.5. The molecule has 7 heteroatoms. The van der Waals surface area contributed by atoms with E-state index in [0.717, 1.165) is 5.69 Å². The van der Waals surface area contributed by atoms with E-state index in [4.69, 9.17) is 9.26 Å². The number of carbonyl (C=O) groups is 2. The van der Waals surface area contributed by atoms with E-state index in [2.05, 4.69) is 15.8 Å². The molecule has 0 aliphatic heterocycles. The molecule has 0 atom stereocenters. The largest absolute Gasteiger partial charge is 0.486 e. The summed E-state index contributed by atoms with van der Waals surface area (Å²) in [5.74, 6) is 1.06. The Kier molecular flexibility index (Phi) is 5.95. The molecule has 0 aliphatic carbocycles. The standard InChI is InChI=1S/C17H21N3O4/c1-11(2)8-16(21)19-12-4-6-13(7-5-12)23-10-14-9-15(20-24-14)17(22)18-3/h4-7,9,11H,8,10H2,1-3H3,(H,18,22)(H,19,21). The van der Waals surface area contributed by atoms with Gasteiger partial charge < -0.3 is 19.9 Å². The maximum atomic E-state index is 11.7. The Balaban J connectivity index is 1.86. The van der Waals surface area contributed by atoms with E-state index >= 15 is 0 Å². The van der Waals surface area contributed by atoms with E-state index in [-0.39, 0.29) is 24.1 Å². The minimum absolute atomic E-state index is 0.0120. The molecule has 0 spiro atoms. The van der Waals surface area contributed by atoms with Crippen LogP contribution in [0.2, 0.25) is 0 Å². The van der Waals surface area contributed by atoms with Gasteiger partial charge in [-0.25, -0.2) is 0 Å². The van der Waals surface area contributed by atoms with Gasteiger partial charge in [-0.2, -0.15) is 0 Å². The molecular formula is C17H21N3O4. The Hall–Kier alpha value is -2.83. The summed E-state index contributed by atoms with van der Waals surface area (Å²) in [4.78, 5) is 23.1. The van der Waals surface area contributed by atoms with Crippen molar-refractivity contribution >= 4 is 17.5 Å². The van der Waals surface area contributed by atoms with Crippen molar-refractivity contribution in [3.63, 3.8) is 0 Å². The molecule has 0 saturated heterocycles. The Bertz CT molecular complexity index is 692. The fraction of sp³-hybridized carbons (Fsp3) is 0.353. The van der Waals surface area contributed by atoms with Gasteiger partial charge in [-0.15, -0.1) is 0 Å². The van der Waals surface area contributed by atoms with Gasteiger partial charge in [0.1, 0.15) is 12.4 Å². The zero-order valence-electron chi connectivity index (χ0n) is 14.0. The topological polar surface area (TPSA) is 93.5 Å². The summed E-state index contributed by atoms with van der Waals surface area (Å²) >= 11 is 0. The van der Waals surface area contributed by atoms with Crippen LogP contribution in [-0.4, -0.2) is 24.0 Å². The monoisotopic (exact) mass is 331 g/mol. The second-order valence-corrected chi connectivity index (χ2v) is 5.72. The number of carbonyl (C=O) groups excluding carboxylic acids is 2. The third-order valence-electron chi connectivity index (χ3n) is 3.13. The molecule has 0 aliphatic rings. The first-order valence-corrected chi connectivity index (χ1v) is 7.68. The lowest BCUT2D eigenvalue weighted by molar-refractivity contribution is -0.116. The fourth-order valence-corrected chi connectivity index (χ4v) is 1.99. The number of nitrogens with one attached hydrogen (secondary N) is 2. The zero-order chi connectivity index (χ0) is 17.5. The summed E-state index contributed by atoms with van der Waals surface area (Å²) in [7, 11) is 1.52. The van der Waals surface area contributed by atoms with Crippen molar-refractivity contribution in [3.05, 3.63) is 41.8 Å². The number of hydrogen-bond acceptors (Lipinski definition) is 5. The SMILES string of the molecule is CNC(=O)c1cc(COc2ccc(NC(=O)CC(C)C)cc2)on1. The minimum atomic E-state index is -0.313. The van der Waals surface area contributed by atoms with Crippen LogP contribution < -0.4 is 15.4 Å². The van der Waals surface area contributed by atoms with Crippen LogP contribution in [0.4, 0.5) is 5.69 Å². The van der Waals surface area contributed by atoms with Gasteiger partial charge in [-0.3, -0.25) is 9.59 Å². The highest BCUT2D eigenvalue weighted by atomic mass is 16.5. The van der Waals surface area contributed by atoms with Gasteiger partial charge in [-0.1, -0.05) is 19.0 Å². The smallest absolute Gasteiger partial charge is 0.273 e. The summed E-state index contributed by atoms with van der Waals surface area (Å²) in [6.45, 7) is 4.15. The summed E-state index contributed by atoms with van der Waals surface area (Å²) in [6, 6.07) is 8.56. The number of nitrogens with zero attached hydrogens (tertiary/aromatic N) is 1. The van der Waals surface area contributed by atoms with Crippen molar-refractivity contribution in [1.29, 1.82) is 0 Å². The molecule has 2 N–H and O–H groups in total. The van der Waals surface area contributed by atoms with Crippen molar-refractivity contribution in [3.8, 4) is 5.75 Å². The quantitative estimate of drug-likeness (QED) is 0.813. The Labute approximate surface area is 140 Å². The predicted octanol–water partition coefficient (Wildman–Crippen LogP) is 2.60. The van der Waals surface area contributed by atoms with Crippen LogP contribution in [0, 0.1) is 5.92 Å². The van der Waals surface area contributed by atoms with Gasteiger partial charge in [0.05, 0.1) is 0 Å². The highest BCUT2D eigenvalue weighted by Gasteiger charge is 2.11. The molecule has 1 aromatic heterocycles. The van der Waals surface area contributed by atoms with Crippen LogP contribution in [-0.2, 0) is 11.4 Å². The Morgan fingerprint density at radius 1 is 1.25 bits per heavy atom. The Morgan fingerprint density at radius 2 is 1.96 bits per heavy atom. The summed E-state index contributed by atoms with van der Waals surface area (Å²) in [5, 5.41) is 8.95. The summed E-state index contributed by atoms with van der Waals surface area (Å²) < 4.78 is 10.6. The molecule has 0 fully saturated rings. The van der Waals surface area contributed by atoms with Crippen molar-refractivity contribution in [1.82, 2.24) is 10.5 Å². The van der Waals surface area contributed by atoms with Crippen LogP contribution in [0.3, 0.4) is 0 Å². The van der Waals surface area contributed by atoms with Gasteiger partial charge in [0.15, 0.2) is 11.5 Å². The maximum Gasteiger partial charge on any atom is 0.273 e. The van der Waals surface area contributed by atoms with Gasteiger partial charge >= 0.3 is 0 Å². The fourth-order valence-electron chi connectivity index (χ4n) is 1.99. The van der Waals surface area contributed by atoms with E-state index in [0.29, 0.717) is 23.8 Å². The Morgan fingerprint density at radius 3 is 2.58 bits per heavy atom. The normalized spacial score (nSPS) is 10.5. The molecule has 2 rings (SSSR count). The molecule has 1 heterocycles. The van der Waals surface area contributed by atoms with Crippen molar-refractivity contribution in [2.75, 3.05) is 12.4 Å². The third kappa shape index (κ3) is 5.12. The molecule has 0 unspecified atom stereocenters. The van der Waals surface area contributed by atoms with Gasteiger partial charge in [0.2, 0.25) is 5.91 Å². The van der Waals surface area contributed by atoms with Crippen molar-refractivity contribution in [2.24, 2.45) is 5.92 Å². The number of ether oxygens (including phenoxy) is 1. The van der Waals surface area contributed by atoms with Gasteiger partial charge in [0.25, 0.3) is 5.91 Å². The maximum absolute atomic E-state index is 11.7.